The van der Waals surface area contributed by atoms with E-state index in [2.05, 4.69) is 24.3 Å². The van der Waals surface area contributed by atoms with E-state index in [9.17, 15) is 0 Å². The maximum Gasteiger partial charge on any atom is 0.129 e. The molecule has 2 heteroatoms. The summed E-state index contributed by atoms with van der Waals surface area (Å²) < 4.78 is 0. The van der Waals surface area contributed by atoms with E-state index in [1.54, 1.807) is 0 Å². The molecule has 0 aromatic heterocycles. The van der Waals surface area contributed by atoms with Gasteiger partial charge in [0, 0.05) is 5.92 Å². The zero-order valence-electron chi connectivity index (χ0n) is 10.1. The molecule has 2 fully saturated rings. The minimum atomic E-state index is 0.305. The van der Waals surface area contributed by atoms with Crippen LogP contribution in [0.25, 0.3) is 0 Å². The summed E-state index contributed by atoms with van der Waals surface area (Å²) in [6, 6.07) is 14.5. The Balaban J connectivity index is 2.11. The third-order valence-corrected chi connectivity index (χ3v) is 4.39. The van der Waals surface area contributed by atoms with Crippen LogP contribution in [0.4, 0.5) is 0 Å². The molecule has 2 aliphatic rings. The molecular weight excluding hydrogens is 220 g/mol. The lowest BCUT2D eigenvalue weighted by Gasteiger charge is -2.25. The maximum absolute atomic E-state index is 9.15. The summed E-state index contributed by atoms with van der Waals surface area (Å²) in [5.41, 5.74) is 2.74. The van der Waals surface area contributed by atoms with Crippen LogP contribution in [-0.4, -0.2) is 0 Å². The van der Waals surface area contributed by atoms with Gasteiger partial charge in [-0.2, -0.15) is 10.5 Å². The highest BCUT2D eigenvalue weighted by Crippen LogP contribution is 2.57. The average molecular weight is 234 g/mol. The van der Waals surface area contributed by atoms with Crippen LogP contribution in [-0.2, 0) is 0 Å². The zero-order valence-corrected chi connectivity index (χ0v) is 10.1. The van der Waals surface area contributed by atoms with Crippen LogP contribution < -0.4 is 0 Å². The monoisotopic (exact) mass is 234 g/mol. The molecule has 2 nitrogen and oxygen atoms in total. The van der Waals surface area contributed by atoms with Crippen molar-refractivity contribution in [1.82, 2.24) is 0 Å². The largest absolute Gasteiger partial charge is 0.192 e. The van der Waals surface area contributed by atoms with Crippen LogP contribution in [0, 0.1) is 34.5 Å². The van der Waals surface area contributed by atoms with Crippen LogP contribution >= 0.6 is 0 Å². The van der Waals surface area contributed by atoms with Crippen molar-refractivity contribution >= 4 is 0 Å². The lowest BCUT2D eigenvalue weighted by molar-refractivity contribution is 0.495. The van der Waals surface area contributed by atoms with Gasteiger partial charge in [-0.05, 0) is 42.2 Å². The van der Waals surface area contributed by atoms with Crippen molar-refractivity contribution in [2.24, 2.45) is 11.8 Å². The Morgan fingerprint density at radius 2 is 1.78 bits per heavy atom. The van der Waals surface area contributed by atoms with Gasteiger partial charge in [-0.25, -0.2) is 0 Å². The van der Waals surface area contributed by atoms with E-state index in [4.69, 9.17) is 10.5 Å². The van der Waals surface area contributed by atoms with Crippen molar-refractivity contribution < 1.29 is 0 Å². The number of nitriles is 2. The Labute approximate surface area is 107 Å². The highest BCUT2D eigenvalue weighted by atomic mass is 14.5. The van der Waals surface area contributed by atoms with Gasteiger partial charge in [0.1, 0.15) is 17.7 Å². The molecule has 2 bridgehead atoms. The van der Waals surface area contributed by atoms with Crippen molar-refractivity contribution in [2.45, 2.75) is 25.2 Å². The molecule has 0 saturated heterocycles. The molecule has 1 aromatic rings. The van der Waals surface area contributed by atoms with E-state index >= 15 is 0 Å². The SMILES string of the molecule is N#CC(C#N)=C1C(c2ccccc2)[C@@H]2CC[C@H]1C2. The molecule has 1 unspecified atom stereocenters. The first kappa shape index (κ1) is 11.1. The molecule has 18 heavy (non-hydrogen) atoms. The number of benzene rings is 1. The Morgan fingerprint density at radius 1 is 1.06 bits per heavy atom. The molecule has 2 aliphatic carbocycles. The van der Waals surface area contributed by atoms with E-state index in [1.165, 1.54) is 12.0 Å². The van der Waals surface area contributed by atoms with Gasteiger partial charge in [0.25, 0.3) is 0 Å². The van der Waals surface area contributed by atoms with Gasteiger partial charge in [0.05, 0.1) is 0 Å². The average Bonchev–Trinajstić information content (AvgIpc) is 3.02. The highest BCUT2D eigenvalue weighted by Gasteiger charge is 2.45. The zero-order chi connectivity index (χ0) is 12.5. The fourth-order valence-corrected chi connectivity index (χ4v) is 3.74. The second kappa shape index (κ2) is 4.31. The summed E-state index contributed by atoms with van der Waals surface area (Å²) in [4.78, 5) is 0. The van der Waals surface area contributed by atoms with E-state index in [0.29, 0.717) is 23.3 Å². The van der Waals surface area contributed by atoms with Crippen LogP contribution in [0.15, 0.2) is 41.5 Å². The molecule has 0 heterocycles. The normalized spacial score (nSPS) is 28.8. The lowest BCUT2D eigenvalue weighted by atomic mass is 9.78. The van der Waals surface area contributed by atoms with Crippen molar-refractivity contribution in [3.8, 4) is 12.1 Å². The van der Waals surface area contributed by atoms with Crippen molar-refractivity contribution in [3.05, 3.63) is 47.0 Å². The maximum atomic E-state index is 9.15. The minimum Gasteiger partial charge on any atom is -0.192 e. The summed E-state index contributed by atoms with van der Waals surface area (Å²) in [6.07, 6.45) is 3.54. The second-order valence-corrected chi connectivity index (χ2v) is 5.21. The first-order chi connectivity index (χ1) is 8.85. The predicted molar refractivity (Wildman–Crippen MR) is 68.3 cm³/mol. The molecule has 0 aliphatic heterocycles. The highest BCUT2D eigenvalue weighted by molar-refractivity contribution is 5.49. The molecule has 0 spiro atoms. The summed E-state index contributed by atoms with van der Waals surface area (Å²) in [5.74, 6) is 1.40. The number of fused-ring (bicyclic) bond motifs is 2. The van der Waals surface area contributed by atoms with E-state index in [0.717, 1.165) is 18.4 Å². The second-order valence-electron chi connectivity index (χ2n) is 5.21. The summed E-state index contributed by atoms with van der Waals surface area (Å²) >= 11 is 0. The standard InChI is InChI=1S/C16H14N2/c17-9-14(10-18)16-13-7-6-12(8-13)15(16)11-4-2-1-3-5-11/h1-5,12-13,15H,6-8H2/t12-,13+,15?/m1/s1. The number of allylic oxidation sites excluding steroid dienone is 2. The number of hydrogen-bond acceptors (Lipinski definition) is 2. The summed E-state index contributed by atoms with van der Waals surface area (Å²) in [7, 11) is 0. The number of hydrogen-bond donors (Lipinski definition) is 0. The number of rotatable bonds is 1. The van der Waals surface area contributed by atoms with Gasteiger partial charge in [-0.1, -0.05) is 30.3 Å². The summed E-state index contributed by atoms with van der Waals surface area (Å²) in [5, 5.41) is 18.3. The molecule has 2 saturated carbocycles. The third kappa shape index (κ3) is 1.54. The van der Waals surface area contributed by atoms with E-state index < -0.39 is 0 Å². The van der Waals surface area contributed by atoms with E-state index in [-0.39, 0.29) is 0 Å². The molecule has 0 amide bonds. The Hall–Kier alpha value is -2.06. The lowest BCUT2D eigenvalue weighted by Crippen LogP contribution is -2.13. The first-order valence-electron chi connectivity index (χ1n) is 6.44. The van der Waals surface area contributed by atoms with Crippen LogP contribution in [0.1, 0.15) is 30.7 Å². The molecule has 3 rings (SSSR count). The Bertz CT molecular complexity index is 555. The van der Waals surface area contributed by atoms with Gasteiger partial charge in [0.15, 0.2) is 0 Å². The molecule has 0 N–H and O–H groups in total. The third-order valence-electron chi connectivity index (χ3n) is 4.39. The van der Waals surface area contributed by atoms with Gasteiger partial charge in [0.2, 0.25) is 0 Å². The molecular formula is C16H14N2. The number of nitrogens with zero attached hydrogens (tertiary/aromatic N) is 2. The van der Waals surface area contributed by atoms with Crippen LogP contribution in [0.2, 0.25) is 0 Å². The van der Waals surface area contributed by atoms with Gasteiger partial charge < -0.3 is 0 Å². The minimum absolute atomic E-state index is 0.305. The molecule has 1 aromatic carbocycles. The molecule has 3 atom stereocenters. The van der Waals surface area contributed by atoms with E-state index in [1.807, 2.05) is 18.2 Å². The van der Waals surface area contributed by atoms with Crippen LogP contribution in [0.3, 0.4) is 0 Å². The van der Waals surface area contributed by atoms with Crippen molar-refractivity contribution in [1.29, 1.82) is 10.5 Å². The van der Waals surface area contributed by atoms with Crippen molar-refractivity contribution in [3.63, 3.8) is 0 Å². The van der Waals surface area contributed by atoms with Gasteiger partial charge in [-0.3, -0.25) is 0 Å². The molecule has 88 valence electrons. The first-order valence-corrected chi connectivity index (χ1v) is 6.44. The smallest absolute Gasteiger partial charge is 0.129 e. The summed E-state index contributed by atoms with van der Waals surface area (Å²) in [6.45, 7) is 0. The Morgan fingerprint density at radius 3 is 2.44 bits per heavy atom. The quantitative estimate of drug-likeness (QED) is 0.698. The van der Waals surface area contributed by atoms with Crippen molar-refractivity contribution in [2.75, 3.05) is 0 Å². The Kier molecular flexibility index (Phi) is 2.65. The fourth-order valence-electron chi connectivity index (χ4n) is 3.74. The topological polar surface area (TPSA) is 47.6 Å². The predicted octanol–water partition coefficient (Wildman–Crippen LogP) is 3.54. The van der Waals surface area contributed by atoms with Gasteiger partial charge in [-0.15, -0.1) is 0 Å². The fraction of sp³-hybridized carbons (Fsp3) is 0.375. The molecule has 0 radical (unpaired) electrons. The van der Waals surface area contributed by atoms with Crippen LogP contribution in [0.5, 0.6) is 0 Å². The van der Waals surface area contributed by atoms with Gasteiger partial charge >= 0.3 is 0 Å².